The molecule has 1 amide bonds. The second-order valence-corrected chi connectivity index (χ2v) is 6.67. The van der Waals surface area contributed by atoms with E-state index in [1.165, 1.54) is 30.9 Å². The maximum Gasteiger partial charge on any atom is 0.251 e. The number of carbonyl (C=O) groups excluding carboxylic acids is 1. The highest BCUT2D eigenvalue weighted by molar-refractivity contribution is 5.93. The molecule has 3 rings (SSSR count). The first-order valence-electron chi connectivity index (χ1n) is 8.98. The fraction of sp³-hybridized carbons (Fsp3) is 0.381. The van der Waals surface area contributed by atoms with Gasteiger partial charge in [0.1, 0.15) is 5.82 Å². The van der Waals surface area contributed by atoms with Crippen LogP contribution < -0.4 is 5.32 Å². The van der Waals surface area contributed by atoms with Gasteiger partial charge in [-0.15, -0.1) is 0 Å². The van der Waals surface area contributed by atoms with Crippen LogP contribution in [0.1, 0.15) is 53.2 Å². The van der Waals surface area contributed by atoms with E-state index in [0.717, 1.165) is 25.1 Å². The molecule has 4 heteroatoms. The van der Waals surface area contributed by atoms with Crippen molar-refractivity contribution in [2.24, 2.45) is 0 Å². The minimum Gasteiger partial charge on any atom is -0.355 e. The fourth-order valence-electron chi connectivity index (χ4n) is 3.59. The molecule has 0 aliphatic carbocycles. The number of rotatable bonds is 4. The summed E-state index contributed by atoms with van der Waals surface area (Å²) in [4.78, 5) is 14.1. The summed E-state index contributed by atoms with van der Waals surface area (Å²) in [5, 5.41) is 2.64. The van der Waals surface area contributed by atoms with Crippen LogP contribution in [0.25, 0.3) is 0 Å². The van der Waals surface area contributed by atoms with Crippen LogP contribution in [0.4, 0.5) is 4.39 Å². The topological polar surface area (TPSA) is 32.3 Å². The lowest BCUT2D eigenvalue weighted by atomic mass is 10.00. The van der Waals surface area contributed by atoms with Gasteiger partial charge in [-0.1, -0.05) is 37.1 Å². The van der Waals surface area contributed by atoms with E-state index >= 15 is 0 Å². The third-order valence-electron chi connectivity index (χ3n) is 4.93. The van der Waals surface area contributed by atoms with Crippen LogP contribution in [0, 0.1) is 5.82 Å². The maximum atomic E-state index is 13.7. The van der Waals surface area contributed by atoms with Gasteiger partial charge in [-0.2, -0.15) is 0 Å². The average molecular weight is 340 g/mol. The molecule has 1 saturated heterocycles. The lowest BCUT2D eigenvalue weighted by Crippen LogP contribution is -2.28. The van der Waals surface area contributed by atoms with Gasteiger partial charge in [0.15, 0.2) is 0 Å². The van der Waals surface area contributed by atoms with E-state index in [4.69, 9.17) is 0 Å². The molecule has 0 radical (unpaired) electrons. The van der Waals surface area contributed by atoms with Crippen LogP contribution in [0.5, 0.6) is 0 Å². The van der Waals surface area contributed by atoms with Crippen molar-refractivity contribution < 1.29 is 9.18 Å². The lowest BCUT2D eigenvalue weighted by Gasteiger charge is -2.30. The summed E-state index contributed by atoms with van der Waals surface area (Å²) in [6.07, 6.45) is 4.62. The first-order valence-corrected chi connectivity index (χ1v) is 8.98. The van der Waals surface area contributed by atoms with E-state index in [2.05, 4.69) is 10.2 Å². The number of nitrogens with one attached hydrogen (secondary N) is 1. The van der Waals surface area contributed by atoms with Gasteiger partial charge in [-0.25, -0.2) is 4.39 Å². The van der Waals surface area contributed by atoms with Crippen molar-refractivity contribution in [2.75, 3.05) is 13.6 Å². The zero-order valence-electron chi connectivity index (χ0n) is 14.7. The predicted molar refractivity (Wildman–Crippen MR) is 97.9 cm³/mol. The molecule has 0 spiro atoms. The average Bonchev–Trinajstić information content (AvgIpc) is 2.87. The van der Waals surface area contributed by atoms with Crippen molar-refractivity contribution in [3.05, 3.63) is 71.0 Å². The number of carbonyl (C=O) groups is 1. The van der Waals surface area contributed by atoms with Gasteiger partial charge in [-0.3, -0.25) is 9.69 Å². The Bertz CT molecular complexity index is 714. The summed E-state index contributed by atoms with van der Waals surface area (Å²) in [6.45, 7) is 1.83. The molecule has 0 saturated carbocycles. The largest absolute Gasteiger partial charge is 0.355 e. The molecule has 1 fully saturated rings. The second kappa shape index (κ2) is 8.26. The standard InChI is InChI=1S/C21H25FN2O/c1-23-21(25)17-11-9-16(10-12-17)15-24-13-4-2-3-8-20(24)18-6-5-7-19(22)14-18/h5-7,9-12,14,20H,2-4,8,13,15H2,1H3,(H,23,25). The number of benzene rings is 2. The van der Waals surface area contributed by atoms with E-state index in [1.807, 2.05) is 30.3 Å². The van der Waals surface area contributed by atoms with Gasteiger partial charge in [0.05, 0.1) is 0 Å². The Hall–Kier alpha value is -2.20. The van der Waals surface area contributed by atoms with E-state index in [0.29, 0.717) is 5.56 Å². The van der Waals surface area contributed by atoms with Gasteiger partial charge >= 0.3 is 0 Å². The molecule has 2 aromatic rings. The molecular weight excluding hydrogens is 315 g/mol. The number of nitrogens with zero attached hydrogens (tertiary/aromatic N) is 1. The Morgan fingerprint density at radius 3 is 2.68 bits per heavy atom. The second-order valence-electron chi connectivity index (χ2n) is 6.67. The van der Waals surface area contributed by atoms with Gasteiger partial charge < -0.3 is 5.32 Å². The highest BCUT2D eigenvalue weighted by atomic mass is 19.1. The number of hydrogen-bond donors (Lipinski definition) is 1. The molecule has 0 aromatic heterocycles. The Balaban J connectivity index is 1.78. The molecule has 3 nitrogen and oxygen atoms in total. The first-order chi connectivity index (χ1) is 12.2. The number of hydrogen-bond acceptors (Lipinski definition) is 2. The van der Waals surface area contributed by atoms with E-state index in [1.54, 1.807) is 19.2 Å². The minimum absolute atomic E-state index is 0.0704. The van der Waals surface area contributed by atoms with Gasteiger partial charge in [0.2, 0.25) is 0 Å². The summed E-state index contributed by atoms with van der Waals surface area (Å²) in [6, 6.07) is 15.0. The summed E-state index contributed by atoms with van der Waals surface area (Å²) in [5.74, 6) is -0.240. The predicted octanol–water partition coefficient (Wildman–Crippen LogP) is 4.30. The molecule has 132 valence electrons. The Kier molecular flexibility index (Phi) is 5.82. The van der Waals surface area contributed by atoms with Gasteiger partial charge in [0, 0.05) is 25.2 Å². The highest BCUT2D eigenvalue weighted by Gasteiger charge is 2.23. The molecular formula is C21H25FN2O. The SMILES string of the molecule is CNC(=O)c1ccc(CN2CCCCCC2c2cccc(F)c2)cc1. The highest BCUT2D eigenvalue weighted by Crippen LogP contribution is 2.31. The third kappa shape index (κ3) is 4.45. The summed E-state index contributed by atoms with van der Waals surface area (Å²) in [5.41, 5.74) is 2.91. The number of amides is 1. The zero-order valence-corrected chi connectivity index (χ0v) is 14.7. The van der Waals surface area contributed by atoms with Crippen molar-refractivity contribution in [2.45, 2.75) is 38.3 Å². The van der Waals surface area contributed by atoms with E-state index < -0.39 is 0 Å². The van der Waals surface area contributed by atoms with Crippen molar-refractivity contribution in [1.82, 2.24) is 10.2 Å². The monoisotopic (exact) mass is 340 g/mol. The van der Waals surface area contributed by atoms with Crippen LogP contribution in [0.15, 0.2) is 48.5 Å². The molecule has 1 aliphatic heterocycles. The fourth-order valence-corrected chi connectivity index (χ4v) is 3.59. The van der Waals surface area contributed by atoms with Crippen LogP contribution in [-0.2, 0) is 6.54 Å². The van der Waals surface area contributed by atoms with Crippen LogP contribution in [0.3, 0.4) is 0 Å². The minimum atomic E-state index is -0.170. The van der Waals surface area contributed by atoms with Gasteiger partial charge in [-0.05, 0) is 54.8 Å². The summed E-state index contributed by atoms with van der Waals surface area (Å²) >= 11 is 0. The first kappa shape index (κ1) is 17.6. The Morgan fingerprint density at radius 1 is 1.16 bits per heavy atom. The van der Waals surface area contributed by atoms with Crippen LogP contribution in [0.2, 0.25) is 0 Å². The smallest absolute Gasteiger partial charge is 0.251 e. The van der Waals surface area contributed by atoms with Crippen molar-refractivity contribution in [3.63, 3.8) is 0 Å². The van der Waals surface area contributed by atoms with E-state index in [9.17, 15) is 9.18 Å². The lowest BCUT2D eigenvalue weighted by molar-refractivity contribution is 0.0963. The molecule has 1 aliphatic rings. The molecule has 25 heavy (non-hydrogen) atoms. The molecule has 0 bridgehead atoms. The van der Waals surface area contributed by atoms with Crippen LogP contribution in [-0.4, -0.2) is 24.4 Å². The van der Waals surface area contributed by atoms with Crippen LogP contribution >= 0.6 is 0 Å². The molecule has 1 atom stereocenters. The van der Waals surface area contributed by atoms with Crippen molar-refractivity contribution in [1.29, 1.82) is 0 Å². The van der Waals surface area contributed by atoms with Gasteiger partial charge in [0.25, 0.3) is 5.91 Å². The normalized spacial score (nSPS) is 18.6. The molecule has 1 N–H and O–H groups in total. The van der Waals surface area contributed by atoms with Crippen molar-refractivity contribution in [3.8, 4) is 0 Å². The quantitative estimate of drug-likeness (QED) is 0.900. The third-order valence-corrected chi connectivity index (χ3v) is 4.93. The summed E-state index contributed by atoms with van der Waals surface area (Å²) < 4.78 is 13.7. The maximum absolute atomic E-state index is 13.7. The number of likely N-dealkylation sites (tertiary alicyclic amines) is 1. The summed E-state index contributed by atoms with van der Waals surface area (Å²) in [7, 11) is 1.64. The zero-order chi connectivity index (χ0) is 17.6. The Morgan fingerprint density at radius 2 is 1.96 bits per heavy atom. The Labute approximate surface area is 148 Å². The van der Waals surface area contributed by atoms with E-state index in [-0.39, 0.29) is 17.8 Å². The van der Waals surface area contributed by atoms with Crippen molar-refractivity contribution >= 4 is 5.91 Å². The molecule has 1 heterocycles. The molecule has 1 unspecified atom stereocenters. The number of halogens is 1. The molecule has 2 aromatic carbocycles.